The second-order valence-corrected chi connectivity index (χ2v) is 7.14. The number of aliphatic imine (C=N–C) groups is 1. The van der Waals surface area contributed by atoms with E-state index in [0.717, 1.165) is 57.4 Å². The molecule has 2 aliphatic rings. The fourth-order valence-corrected chi connectivity index (χ4v) is 3.97. The Hall–Kier alpha value is -2.08. The number of nitrogens with one attached hydrogen (secondary N) is 1. The van der Waals surface area contributed by atoms with E-state index in [9.17, 15) is 0 Å². The van der Waals surface area contributed by atoms with E-state index in [1.807, 2.05) is 18.5 Å². The maximum absolute atomic E-state index is 5.64. The lowest BCUT2D eigenvalue weighted by molar-refractivity contribution is 0.156. The summed E-state index contributed by atoms with van der Waals surface area (Å²) in [7, 11) is 0. The van der Waals surface area contributed by atoms with Crippen molar-refractivity contribution in [3.05, 3.63) is 30.6 Å². The van der Waals surface area contributed by atoms with Crippen LogP contribution in [0.3, 0.4) is 0 Å². The van der Waals surface area contributed by atoms with Gasteiger partial charge >= 0.3 is 0 Å². The van der Waals surface area contributed by atoms with E-state index in [2.05, 4.69) is 38.8 Å². The number of benzene rings is 1. The van der Waals surface area contributed by atoms with Gasteiger partial charge in [-0.2, -0.15) is 0 Å². The van der Waals surface area contributed by atoms with Gasteiger partial charge in [0.25, 0.3) is 0 Å². The third-order valence-electron chi connectivity index (χ3n) is 5.39. The van der Waals surface area contributed by atoms with Crippen molar-refractivity contribution in [2.75, 3.05) is 39.4 Å². The van der Waals surface area contributed by atoms with Crippen molar-refractivity contribution >= 4 is 17.0 Å². The molecule has 2 aliphatic heterocycles. The second kappa shape index (κ2) is 7.04. The Kier molecular flexibility index (Phi) is 4.61. The van der Waals surface area contributed by atoms with E-state index >= 15 is 0 Å². The van der Waals surface area contributed by atoms with E-state index in [1.54, 1.807) is 0 Å². The predicted octanol–water partition coefficient (Wildman–Crippen LogP) is 2.11. The molecule has 0 radical (unpaired) electrons. The molecule has 0 aliphatic carbocycles. The standard InChI is InChI=1S/C19H27N5O/c1-2-20-18(23-10-7-19(13-23)8-12-25-14-19)21-9-11-24-15-22-16-5-3-4-6-17(16)24/h3-6,15H,2,7-14H2,1H3,(H,20,21). The largest absolute Gasteiger partial charge is 0.381 e. The summed E-state index contributed by atoms with van der Waals surface area (Å²) in [6, 6.07) is 8.24. The molecule has 3 heterocycles. The third-order valence-corrected chi connectivity index (χ3v) is 5.39. The fourth-order valence-electron chi connectivity index (χ4n) is 3.97. The Balaban J connectivity index is 1.42. The van der Waals surface area contributed by atoms with Gasteiger partial charge in [0.15, 0.2) is 5.96 Å². The van der Waals surface area contributed by atoms with Gasteiger partial charge in [-0.1, -0.05) is 12.1 Å². The fraction of sp³-hybridized carbons (Fsp3) is 0.579. The minimum Gasteiger partial charge on any atom is -0.381 e. The monoisotopic (exact) mass is 341 g/mol. The highest BCUT2D eigenvalue weighted by Gasteiger charge is 2.42. The molecule has 1 unspecified atom stereocenters. The first kappa shape index (κ1) is 16.4. The minimum absolute atomic E-state index is 0.358. The van der Waals surface area contributed by atoms with Gasteiger partial charge < -0.3 is 19.5 Å². The number of ether oxygens (including phenoxy) is 1. The molecule has 2 aromatic rings. The van der Waals surface area contributed by atoms with Crippen LogP contribution in [0.5, 0.6) is 0 Å². The van der Waals surface area contributed by atoms with E-state index in [0.29, 0.717) is 5.41 Å². The van der Waals surface area contributed by atoms with Crippen LogP contribution in [-0.2, 0) is 11.3 Å². The molecule has 1 atom stereocenters. The van der Waals surface area contributed by atoms with Gasteiger partial charge in [-0.3, -0.25) is 4.99 Å². The van der Waals surface area contributed by atoms with Crippen molar-refractivity contribution in [1.82, 2.24) is 19.8 Å². The highest BCUT2D eigenvalue weighted by atomic mass is 16.5. The molecule has 6 heteroatoms. The van der Waals surface area contributed by atoms with Crippen molar-refractivity contribution in [2.24, 2.45) is 10.4 Å². The smallest absolute Gasteiger partial charge is 0.193 e. The van der Waals surface area contributed by atoms with E-state index in [-0.39, 0.29) is 0 Å². The molecule has 4 rings (SSSR count). The van der Waals surface area contributed by atoms with Crippen LogP contribution in [0.25, 0.3) is 11.0 Å². The lowest BCUT2D eigenvalue weighted by atomic mass is 9.87. The number of para-hydroxylation sites is 2. The number of rotatable bonds is 4. The zero-order valence-electron chi connectivity index (χ0n) is 14.9. The third kappa shape index (κ3) is 3.35. The number of hydrogen-bond donors (Lipinski definition) is 1. The molecule has 2 saturated heterocycles. The summed E-state index contributed by atoms with van der Waals surface area (Å²) < 4.78 is 7.82. The maximum atomic E-state index is 5.64. The number of aromatic nitrogens is 2. The van der Waals surface area contributed by atoms with Crippen molar-refractivity contribution in [1.29, 1.82) is 0 Å². The zero-order chi connectivity index (χ0) is 17.1. The number of hydrogen-bond acceptors (Lipinski definition) is 3. The molecule has 1 spiro atoms. The van der Waals surface area contributed by atoms with Gasteiger partial charge in [-0.25, -0.2) is 4.98 Å². The molecule has 0 amide bonds. The average Bonchev–Trinajstić information content (AvgIpc) is 3.36. The van der Waals surface area contributed by atoms with Crippen LogP contribution >= 0.6 is 0 Å². The number of likely N-dealkylation sites (tertiary alicyclic amines) is 1. The number of guanidine groups is 1. The Morgan fingerprint density at radius 1 is 1.36 bits per heavy atom. The highest BCUT2D eigenvalue weighted by molar-refractivity contribution is 5.80. The van der Waals surface area contributed by atoms with Crippen molar-refractivity contribution in [3.8, 4) is 0 Å². The lowest BCUT2D eigenvalue weighted by Crippen LogP contribution is -2.41. The van der Waals surface area contributed by atoms with E-state index in [1.165, 1.54) is 18.4 Å². The van der Waals surface area contributed by atoms with E-state index in [4.69, 9.17) is 9.73 Å². The number of fused-ring (bicyclic) bond motifs is 1. The first-order valence-corrected chi connectivity index (χ1v) is 9.31. The normalized spacial score (nSPS) is 23.9. The summed E-state index contributed by atoms with van der Waals surface area (Å²) in [5, 5.41) is 3.46. The van der Waals surface area contributed by atoms with Gasteiger partial charge in [0, 0.05) is 38.2 Å². The van der Waals surface area contributed by atoms with Crippen molar-refractivity contribution in [3.63, 3.8) is 0 Å². The zero-order valence-corrected chi connectivity index (χ0v) is 14.9. The summed E-state index contributed by atoms with van der Waals surface area (Å²) in [4.78, 5) is 11.7. The Morgan fingerprint density at radius 3 is 3.12 bits per heavy atom. The van der Waals surface area contributed by atoms with Gasteiger partial charge in [-0.15, -0.1) is 0 Å². The average molecular weight is 341 g/mol. The van der Waals surface area contributed by atoms with Crippen LogP contribution in [0.4, 0.5) is 0 Å². The molecule has 0 saturated carbocycles. The summed E-state index contributed by atoms with van der Waals surface area (Å²) in [6.45, 7) is 8.58. The number of imidazole rings is 1. The summed E-state index contributed by atoms with van der Waals surface area (Å²) in [5.74, 6) is 1.04. The minimum atomic E-state index is 0.358. The van der Waals surface area contributed by atoms with Crippen LogP contribution in [-0.4, -0.2) is 59.8 Å². The summed E-state index contributed by atoms with van der Waals surface area (Å²) in [6.07, 6.45) is 4.31. The molecule has 134 valence electrons. The molecule has 0 bridgehead atoms. The lowest BCUT2D eigenvalue weighted by Gasteiger charge is -2.25. The Morgan fingerprint density at radius 2 is 2.28 bits per heavy atom. The Bertz CT molecular complexity index is 747. The van der Waals surface area contributed by atoms with Crippen LogP contribution in [0.15, 0.2) is 35.6 Å². The van der Waals surface area contributed by atoms with E-state index < -0.39 is 0 Å². The molecule has 1 N–H and O–H groups in total. The van der Waals surface area contributed by atoms with Gasteiger partial charge in [0.2, 0.25) is 0 Å². The van der Waals surface area contributed by atoms with Gasteiger partial charge in [0.05, 0.1) is 30.5 Å². The Labute approximate surface area is 148 Å². The molecule has 25 heavy (non-hydrogen) atoms. The first-order valence-electron chi connectivity index (χ1n) is 9.31. The van der Waals surface area contributed by atoms with Crippen molar-refractivity contribution < 1.29 is 4.74 Å². The highest BCUT2D eigenvalue weighted by Crippen LogP contribution is 2.38. The topological polar surface area (TPSA) is 54.7 Å². The molecule has 6 nitrogen and oxygen atoms in total. The van der Waals surface area contributed by atoms with Crippen LogP contribution in [0.2, 0.25) is 0 Å². The summed E-state index contributed by atoms with van der Waals surface area (Å²) >= 11 is 0. The second-order valence-electron chi connectivity index (χ2n) is 7.14. The predicted molar refractivity (Wildman–Crippen MR) is 99.8 cm³/mol. The molecule has 1 aromatic carbocycles. The summed E-state index contributed by atoms with van der Waals surface area (Å²) in [5.41, 5.74) is 2.57. The quantitative estimate of drug-likeness (QED) is 0.684. The molecule has 1 aromatic heterocycles. The first-order chi connectivity index (χ1) is 12.3. The van der Waals surface area contributed by atoms with Crippen molar-refractivity contribution in [2.45, 2.75) is 26.3 Å². The molecular formula is C19H27N5O. The molecule has 2 fully saturated rings. The maximum Gasteiger partial charge on any atom is 0.193 e. The number of nitrogens with zero attached hydrogens (tertiary/aromatic N) is 4. The van der Waals surface area contributed by atoms with Crippen LogP contribution < -0.4 is 5.32 Å². The van der Waals surface area contributed by atoms with Gasteiger partial charge in [0.1, 0.15) is 0 Å². The molecular weight excluding hydrogens is 314 g/mol. The van der Waals surface area contributed by atoms with Crippen LogP contribution in [0, 0.1) is 5.41 Å². The van der Waals surface area contributed by atoms with Gasteiger partial charge in [-0.05, 0) is 31.9 Å². The van der Waals surface area contributed by atoms with Crippen LogP contribution in [0.1, 0.15) is 19.8 Å². The SMILES string of the molecule is CCNC(=NCCn1cnc2ccccc21)N1CCC2(CCOC2)C1.